The van der Waals surface area contributed by atoms with E-state index in [0.717, 1.165) is 5.56 Å². The fourth-order valence-electron chi connectivity index (χ4n) is 2.76. The molecule has 1 saturated carbocycles. The number of hydrogen-bond acceptors (Lipinski definition) is 3. The Morgan fingerprint density at radius 3 is 2.55 bits per heavy atom. The van der Waals surface area contributed by atoms with Gasteiger partial charge in [0.15, 0.2) is 11.5 Å². The minimum Gasteiger partial charge on any atom is -0.504 e. The molecule has 0 saturated heterocycles. The minimum absolute atomic E-state index is 0.182. The third-order valence-corrected chi connectivity index (χ3v) is 4.06. The van der Waals surface area contributed by atoms with Gasteiger partial charge in [-0.1, -0.05) is 6.07 Å². The lowest BCUT2D eigenvalue weighted by molar-refractivity contribution is -0.129. The Morgan fingerprint density at radius 2 is 1.95 bits per heavy atom. The number of phenols is 2. The van der Waals surface area contributed by atoms with Crippen molar-refractivity contribution in [1.29, 1.82) is 0 Å². The topological polar surface area (TPSA) is 69.6 Å². The van der Waals surface area contributed by atoms with Crippen LogP contribution in [0, 0.1) is 5.92 Å². The van der Waals surface area contributed by atoms with Crippen LogP contribution in [-0.2, 0) is 11.2 Å². The van der Waals surface area contributed by atoms with Crippen molar-refractivity contribution in [3.05, 3.63) is 23.8 Å². The van der Waals surface area contributed by atoms with Gasteiger partial charge in [0.1, 0.15) is 0 Å². The van der Waals surface area contributed by atoms with E-state index in [1.54, 1.807) is 6.07 Å². The molecular formula is C16H21F2NO3. The van der Waals surface area contributed by atoms with E-state index in [-0.39, 0.29) is 55.0 Å². The van der Waals surface area contributed by atoms with E-state index >= 15 is 0 Å². The summed E-state index contributed by atoms with van der Waals surface area (Å²) in [4.78, 5) is 12.1. The maximum atomic E-state index is 13.1. The summed E-state index contributed by atoms with van der Waals surface area (Å²) in [6.45, 7) is 1.82. The lowest BCUT2D eigenvalue weighted by Gasteiger charge is -2.28. The summed E-state index contributed by atoms with van der Waals surface area (Å²) in [5.41, 5.74) is 0.776. The van der Waals surface area contributed by atoms with E-state index in [0.29, 0.717) is 6.42 Å². The molecule has 2 rings (SSSR count). The average molecular weight is 313 g/mol. The van der Waals surface area contributed by atoms with Crippen molar-refractivity contribution >= 4 is 5.91 Å². The van der Waals surface area contributed by atoms with Gasteiger partial charge in [-0.05, 0) is 43.9 Å². The van der Waals surface area contributed by atoms with Crippen molar-refractivity contribution in [2.24, 2.45) is 5.92 Å². The van der Waals surface area contributed by atoms with Gasteiger partial charge in [-0.15, -0.1) is 0 Å². The first-order valence-electron chi connectivity index (χ1n) is 7.46. The molecule has 0 heterocycles. The number of halogens is 2. The maximum absolute atomic E-state index is 13.1. The molecule has 1 amide bonds. The van der Waals surface area contributed by atoms with Crippen molar-refractivity contribution in [3.8, 4) is 11.5 Å². The molecule has 0 radical (unpaired) electrons. The van der Waals surface area contributed by atoms with E-state index < -0.39 is 5.92 Å². The number of carbonyl (C=O) groups is 1. The standard InChI is InChI=1S/C16H21F2NO3/c1-10(8-11-2-3-13(20)14(21)9-11)19-15(22)12-4-6-16(17,18)7-5-12/h2-3,9-10,12,20-21H,4-8H2,1H3,(H,19,22)/t10-/m0/s1. The Labute approximate surface area is 128 Å². The molecule has 1 aliphatic carbocycles. The second-order valence-corrected chi connectivity index (χ2v) is 6.07. The van der Waals surface area contributed by atoms with Crippen molar-refractivity contribution in [3.63, 3.8) is 0 Å². The Hall–Kier alpha value is -1.85. The summed E-state index contributed by atoms with van der Waals surface area (Å²) in [5, 5.41) is 21.5. The molecule has 1 atom stereocenters. The monoisotopic (exact) mass is 313 g/mol. The zero-order valence-electron chi connectivity index (χ0n) is 12.5. The van der Waals surface area contributed by atoms with Gasteiger partial charge >= 0.3 is 0 Å². The molecule has 1 aromatic carbocycles. The van der Waals surface area contributed by atoms with E-state index in [2.05, 4.69) is 5.32 Å². The smallest absolute Gasteiger partial charge is 0.248 e. The predicted octanol–water partition coefficient (Wildman–Crippen LogP) is 2.97. The summed E-state index contributed by atoms with van der Waals surface area (Å²) in [7, 11) is 0. The van der Waals surface area contributed by atoms with E-state index in [1.807, 2.05) is 6.92 Å². The van der Waals surface area contributed by atoms with Gasteiger partial charge in [0.25, 0.3) is 0 Å². The Balaban J connectivity index is 1.85. The number of rotatable bonds is 4. The van der Waals surface area contributed by atoms with Crippen molar-refractivity contribution in [1.82, 2.24) is 5.32 Å². The highest BCUT2D eigenvalue weighted by atomic mass is 19.3. The zero-order valence-corrected chi connectivity index (χ0v) is 12.5. The van der Waals surface area contributed by atoms with Crippen LogP contribution < -0.4 is 5.32 Å². The quantitative estimate of drug-likeness (QED) is 0.749. The largest absolute Gasteiger partial charge is 0.504 e. The first kappa shape index (κ1) is 16.5. The van der Waals surface area contributed by atoms with Gasteiger partial charge in [-0.25, -0.2) is 8.78 Å². The van der Waals surface area contributed by atoms with Gasteiger partial charge in [0.05, 0.1) is 0 Å². The normalized spacial score (nSPS) is 19.6. The summed E-state index contributed by atoms with van der Waals surface area (Å²) in [6, 6.07) is 4.32. The highest BCUT2D eigenvalue weighted by Gasteiger charge is 2.37. The third-order valence-electron chi connectivity index (χ3n) is 4.06. The maximum Gasteiger partial charge on any atom is 0.248 e. The number of benzene rings is 1. The first-order valence-corrected chi connectivity index (χ1v) is 7.46. The third kappa shape index (κ3) is 4.32. The molecule has 0 bridgehead atoms. The molecule has 22 heavy (non-hydrogen) atoms. The van der Waals surface area contributed by atoms with Crippen LogP contribution in [0.3, 0.4) is 0 Å². The molecule has 1 fully saturated rings. The van der Waals surface area contributed by atoms with Crippen LogP contribution in [0.5, 0.6) is 11.5 Å². The van der Waals surface area contributed by atoms with Crippen LogP contribution in [0.4, 0.5) is 8.78 Å². The molecule has 6 heteroatoms. The summed E-state index contributed by atoms with van der Waals surface area (Å²) < 4.78 is 26.2. The molecular weight excluding hydrogens is 292 g/mol. The number of amides is 1. The van der Waals surface area contributed by atoms with Crippen molar-refractivity contribution < 1.29 is 23.8 Å². The molecule has 0 aliphatic heterocycles. The van der Waals surface area contributed by atoms with Crippen LogP contribution in [0.15, 0.2) is 18.2 Å². The second kappa shape index (κ2) is 6.50. The van der Waals surface area contributed by atoms with Crippen LogP contribution in [0.2, 0.25) is 0 Å². The number of hydrogen-bond donors (Lipinski definition) is 3. The highest BCUT2D eigenvalue weighted by Crippen LogP contribution is 2.36. The fraction of sp³-hybridized carbons (Fsp3) is 0.562. The molecule has 0 aromatic heterocycles. The summed E-state index contributed by atoms with van der Waals surface area (Å²) in [5.74, 6) is -3.57. The Kier molecular flexibility index (Phi) is 4.88. The number of phenolic OH excluding ortho intramolecular Hbond substituents is 2. The number of carbonyl (C=O) groups excluding carboxylic acids is 1. The lowest BCUT2D eigenvalue weighted by Crippen LogP contribution is -2.40. The lowest BCUT2D eigenvalue weighted by atomic mass is 9.86. The van der Waals surface area contributed by atoms with Crippen LogP contribution in [0.1, 0.15) is 38.2 Å². The molecule has 1 aliphatic rings. The molecule has 0 unspecified atom stereocenters. The molecule has 3 N–H and O–H groups in total. The van der Waals surface area contributed by atoms with Gasteiger partial charge in [0.2, 0.25) is 11.8 Å². The van der Waals surface area contributed by atoms with Crippen molar-refractivity contribution in [2.45, 2.75) is 51.0 Å². The molecule has 0 spiro atoms. The highest BCUT2D eigenvalue weighted by molar-refractivity contribution is 5.79. The molecule has 4 nitrogen and oxygen atoms in total. The number of aromatic hydroxyl groups is 2. The first-order chi connectivity index (χ1) is 10.3. The Morgan fingerprint density at radius 1 is 1.32 bits per heavy atom. The van der Waals surface area contributed by atoms with Gasteiger partial charge in [-0.3, -0.25) is 4.79 Å². The molecule has 1 aromatic rings. The summed E-state index contributed by atoms with van der Waals surface area (Å²) >= 11 is 0. The van der Waals surface area contributed by atoms with Gasteiger partial charge in [0, 0.05) is 24.8 Å². The SMILES string of the molecule is C[C@@H](Cc1ccc(O)c(O)c1)NC(=O)C1CCC(F)(F)CC1. The fourth-order valence-corrected chi connectivity index (χ4v) is 2.76. The van der Waals surface area contributed by atoms with Crippen molar-refractivity contribution in [2.75, 3.05) is 0 Å². The van der Waals surface area contributed by atoms with Crippen LogP contribution >= 0.6 is 0 Å². The van der Waals surface area contributed by atoms with E-state index in [1.165, 1.54) is 12.1 Å². The predicted molar refractivity (Wildman–Crippen MR) is 78.0 cm³/mol. The number of alkyl halides is 2. The number of nitrogens with one attached hydrogen (secondary N) is 1. The zero-order chi connectivity index (χ0) is 16.3. The Bertz CT molecular complexity index is 538. The van der Waals surface area contributed by atoms with Gasteiger partial charge in [-0.2, -0.15) is 0 Å². The van der Waals surface area contributed by atoms with E-state index in [9.17, 15) is 23.8 Å². The van der Waals surface area contributed by atoms with Crippen LogP contribution in [-0.4, -0.2) is 28.1 Å². The average Bonchev–Trinajstić information content (AvgIpc) is 2.42. The minimum atomic E-state index is -2.63. The second-order valence-electron chi connectivity index (χ2n) is 6.07. The summed E-state index contributed by atoms with van der Waals surface area (Å²) in [6.07, 6.45) is 0.455. The van der Waals surface area contributed by atoms with E-state index in [4.69, 9.17) is 0 Å². The van der Waals surface area contributed by atoms with Crippen LogP contribution in [0.25, 0.3) is 0 Å². The van der Waals surface area contributed by atoms with Gasteiger partial charge < -0.3 is 15.5 Å². The molecule has 122 valence electrons.